The Morgan fingerprint density at radius 2 is 1.65 bits per heavy atom. The normalized spacial score (nSPS) is 10.8. The lowest BCUT2D eigenvalue weighted by Crippen LogP contribution is -2.06. The van der Waals surface area contributed by atoms with Crippen LogP contribution in [0.5, 0.6) is 11.5 Å². The van der Waals surface area contributed by atoms with Crippen molar-refractivity contribution in [2.75, 3.05) is 0 Å². The van der Waals surface area contributed by atoms with Gasteiger partial charge >= 0.3 is 5.97 Å². The predicted molar refractivity (Wildman–Crippen MR) is 78.7 cm³/mol. The van der Waals surface area contributed by atoms with Crippen molar-refractivity contribution in [1.29, 1.82) is 0 Å². The third-order valence-electron chi connectivity index (χ3n) is 3.77. The molecule has 0 amide bonds. The van der Waals surface area contributed by atoms with Gasteiger partial charge in [0.2, 0.25) is 0 Å². The van der Waals surface area contributed by atoms with Crippen LogP contribution in [-0.4, -0.2) is 21.3 Å². The molecular formula is C16H24O4. The molecule has 0 unspecified atom stereocenters. The maximum Gasteiger partial charge on any atom is 0.339 e. The Morgan fingerprint density at radius 3 is 2.15 bits per heavy atom. The van der Waals surface area contributed by atoms with E-state index in [-0.39, 0.29) is 17.1 Å². The Balaban J connectivity index is 3.21. The minimum absolute atomic E-state index is 0.0593. The number of hydrogen-bond acceptors (Lipinski definition) is 3. The predicted octanol–water partition coefficient (Wildman–Crippen LogP) is 3.79. The van der Waals surface area contributed by atoms with Crippen LogP contribution in [0.2, 0.25) is 0 Å². The molecule has 1 aromatic rings. The number of unbranched alkanes of at least 4 members (excludes halogenated alkanes) is 3. The second-order valence-corrected chi connectivity index (χ2v) is 5.12. The minimum Gasteiger partial charge on any atom is -0.507 e. The van der Waals surface area contributed by atoms with Gasteiger partial charge in [0, 0.05) is 5.56 Å². The molecule has 0 fully saturated rings. The lowest BCUT2D eigenvalue weighted by atomic mass is 9.92. The summed E-state index contributed by atoms with van der Waals surface area (Å²) in [5.74, 6) is -1.37. The SMILES string of the molecule is CCCCCCc1c(O)c(CC)c(C)c(C(=O)O)c1O. The van der Waals surface area contributed by atoms with E-state index in [0.717, 1.165) is 25.7 Å². The molecule has 4 nitrogen and oxygen atoms in total. The van der Waals surface area contributed by atoms with Crippen molar-refractivity contribution < 1.29 is 20.1 Å². The van der Waals surface area contributed by atoms with E-state index in [9.17, 15) is 20.1 Å². The smallest absolute Gasteiger partial charge is 0.339 e. The molecule has 0 aliphatic heterocycles. The van der Waals surface area contributed by atoms with Crippen molar-refractivity contribution in [1.82, 2.24) is 0 Å². The third-order valence-corrected chi connectivity index (χ3v) is 3.77. The fourth-order valence-corrected chi connectivity index (χ4v) is 2.61. The van der Waals surface area contributed by atoms with Crippen molar-refractivity contribution in [2.45, 2.75) is 59.3 Å². The Labute approximate surface area is 120 Å². The quantitative estimate of drug-likeness (QED) is 0.664. The first kappa shape index (κ1) is 16.3. The van der Waals surface area contributed by atoms with Crippen LogP contribution in [0, 0.1) is 6.92 Å². The van der Waals surface area contributed by atoms with Gasteiger partial charge in [0.25, 0.3) is 0 Å². The van der Waals surface area contributed by atoms with Crippen molar-refractivity contribution in [2.24, 2.45) is 0 Å². The van der Waals surface area contributed by atoms with E-state index in [2.05, 4.69) is 6.92 Å². The lowest BCUT2D eigenvalue weighted by molar-refractivity contribution is 0.0692. The highest BCUT2D eigenvalue weighted by atomic mass is 16.4. The molecular weight excluding hydrogens is 256 g/mol. The van der Waals surface area contributed by atoms with E-state index in [1.54, 1.807) is 6.92 Å². The van der Waals surface area contributed by atoms with Gasteiger partial charge in [-0.1, -0.05) is 33.1 Å². The first-order chi connectivity index (χ1) is 9.45. The second-order valence-electron chi connectivity index (χ2n) is 5.12. The molecule has 3 N–H and O–H groups in total. The zero-order chi connectivity index (χ0) is 15.3. The van der Waals surface area contributed by atoms with Crippen molar-refractivity contribution in [3.05, 3.63) is 22.3 Å². The molecule has 1 rings (SSSR count). The van der Waals surface area contributed by atoms with Gasteiger partial charge in [0.05, 0.1) is 0 Å². The summed E-state index contributed by atoms with van der Waals surface area (Å²) in [5.41, 5.74) is 1.36. The molecule has 20 heavy (non-hydrogen) atoms. The van der Waals surface area contributed by atoms with Crippen LogP contribution in [0.1, 0.15) is 66.6 Å². The number of carboxylic acid groups (broad SMARTS) is 1. The van der Waals surface area contributed by atoms with E-state index in [1.165, 1.54) is 0 Å². The topological polar surface area (TPSA) is 77.8 Å². The van der Waals surface area contributed by atoms with E-state index in [1.807, 2.05) is 6.92 Å². The maximum absolute atomic E-state index is 11.3. The molecule has 0 atom stereocenters. The molecule has 0 radical (unpaired) electrons. The Bertz CT molecular complexity index is 492. The first-order valence-corrected chi connectivity index (χ1v) is 7.25. The fourth-order valence-electron chi connectivity index (χ4n) is 2.61. The lowest BCUT2D eigenvalue weighted by Gasteiger charge is -2.17. The van der Waals surface area contributed by atoms with Crippen LogP contribution >= 0.6 is 0 Å². The molecule has 0 saturated carbocycles. The van der Waals surface area contributed by atoms with Crippen LogP contribution in [0.25, 0.3) is 0 Å². The second kappa shape index (κ2) is 7.17. The highest BCUT2D eigenvalue weighted by molar-refractivity contribution is 5.94. The number of carboxylic acids is 1. The molecule has 1 aromatic carbocycles. The van der Waals surface area contributed by atoms with Crippen molar-refractivity contribution >= 4 is 5.97 Å². The van der Waals surface area contributed by atoms with Gasteiger partial charge in [0.1, 0.15) is 17.1 Å². The maximum atomic E-state index is 11.3. The number of aromatic carboxylic acids is 1. The van der Waals surface area contributed by atoms with Crippen LogP contribution < -0.4 is 0 Å². The average molecular weight is 280 g/mol. The third kappa shape index (κ3) is 3.24. The number of benzene rings is 1. The molecule has 0 aliphatic carbocycles. The summed E-state index contributed by atoms with van der Waals surface area (Å²) in [4.78, 5) is 11.3. The van der Waals surface area contributed by atoms with Gasteiger partial charge in [0.15, 0.2) is 0 Å². The number of phenols is 2. The largest absolute Gasteiger partial charge is 0.507 e. The highest BCUT2D eigenvalue weighted by Gasteiger charge is 2.23. The summed E-state index contributed by atoms with van der Waals surface area (Å²) in [7, 11) is 0. The average Bonchev–Trinajstić information content (AvgIpc) is 2.37. The Morgan fingerprint density at radius 1 is 1.00 bits per heavy atom. The van der Waals surface area contributed by atoms with Crippen LogP contribution in [-0.2, 0) is 12.8 Å². The number of rotatable bonds is 7. The van der Waals surface area contributed by atoms with Gasteiger partial charge in [-0.05, 0) is 37.3 Å². The summed E-state index contributed by atoms with van der Waals surface area (Å²) < 4.78 is 0. The number of hydrogen-bond donors (Lipinski definition) is 3. The summed E-state index contributed by atoms with van der Waals surface area (Å²) >= 11 is 0. The standard InChI is InChI=1S/C16H24O4/c1-4-6-7-8-9-12-14(17)11(5-2)10(3)13(15(12)18)16(19)20/h17-18H,4-9H2,1-3H3,(H,19,20). The first-order valence-electron chi connectivity index (χ1n) is 7.25. The minimum atomic E-state index is -1.15. The molecule has 4 heteroatoms. The fraction of sp³-hybridized carbons (Fsp3) is 0.562. The highest BCUT2D eigenvalue weighted by Crippen LogP contribution is 2.38. The van der Waals surface area contributed by atoms with E-state index < -0.39 is 5.97 Å². The number of phenolic OH excluding ortho intramolecular Hbond substituents is 1. The summed E-state index contributed by atoms with van der Waals surface area (Å²) in [6.07, 6.45) is 5.09. The van der Waals surface area contributed by atoms with Crippen molar-refractivity contribution in [3.8, 4) is 11.5 Å². The monoisotopic (exact) mass is 280 g/mol. The summed E-state index contributed by atoms with van der Waals surface area (Å²) in [6.45, 7) is 5.60. The van der Waals surface area contributed by atoms with E-state index >= 15 is 0 Å². The summed E-state index contributed by atoms with van der Waals surface area (Å²) in [5, 5.41) is 29.7. The summed E-state index contributed by atoms with van der Waals surface area (Å²) in [6, 6.07) is 0. The molecule has 0 aliphatic rings. The van der Waals surface area contributed by atoms with Crippen LogP contribution in [0.15, 0.2) is 0 Å². The number of aromatic hydroxyl groups is 2. The molecule has 0 aromatic heterocycles. The van der Waals surface area contributed by atoms with Gasteiger partial charge < -0.3 is 15.3 Å². The van der Waals surface area contributed by atoms with Crippen molar-refractivity contribution in [3.63, 3.8) is 0 Å². The Hall–Kier alpha value is -1.71. The van der Waals surface area contributed by atoms with E-state index in [0.29, 0.717) is 29.5 Å². The van der Waals surface area contributed by atoms with Gasteiger partial charge in [-0.2, -0.15) is 0 Å². The zero-order valence-electron chi connectivity index (χ0n) is 12.5. The molecule has 0 spiro atoms. The Kier molecular flexibility index (Phi) is 5.86. The van der Waals surface area contributed by atoms with Crippen LogP contribution in [0.4, 0.5) is 0 Å². The molecule has 112 valence electrons. The molecule has 0 saturated heterocycles. The number of carbonyl (C=O) groups is 1. The molecule has 0 heterocycles. The van der Waals surface area contributed by atoms with Gasteiger partial charge in [-0.3, -0.25) is 0 Å². The zero-order valence-corrected chi connectivity index (χ0v) is 12.5. The van der Waals surface area contributed by atoms with E-state index in [4.69, 9.17) is 0 Å². The van der Waals surface area contributed by atoms with Gasteiger partial charge in [-0.25, -0.2) is 4.79 Å². The molecule has 0 bridgehead atoms. The van der Waals surface area contributed by atoms with Gasteiger partial charge in [-0.15, -0.1) is 0 Å². The van der Waals surface area contributed by atoms with Crippen LogP contribution in [0.3, 0.4) is 0 Å².